The van der Waals surface area contributed by atoms with Crippen molar-refractivity contribution < 1.29 is 66.8 Å². The summed E-state index contributed by atoms with van der Waals surface area (Å²) in [5.41, 5.74) is 4.79. The molecule has 0 fully saturated rings. The van der Waals surface area contributed by atoms with Crippen molar-refractivity contribution in [3.8, 4) is 29.1 Å². The fraction of sp³-hybridized carbons (Fsp3) is 0.571. The molecule has 2 aromatic rings. The summed E-state index contributed by atoms with van der Waals surface area (Å²) < 4.78 is 60.4. The Bertz CT molecular complexity index is 1770. The van der Waals surface area contributed by atoms with Gasteiger partial charge < -0.3 is 52.6 Å². The maximum absolute atomic E-state index is 12.4. The van der Waals surface area contributed by atoms with E-state index in [-0.39, 0.29) is 49.9 Å². The van der Waals surface area contributed by atoms with Crippen LogP contribution in [-0.4, -0.2) is 95.0 Å². The molecule has 15 nitrogen and oxygen atoms in total. The van der Waals surface area contributed by atoms with Gasteiger partial charge in [0.25, 0.3) is 0 Å². The van der Waals surface area contributed by atoms with E-state index in [1.807, 2.05) is 6.92 Å². The van der Waals surface area contributed by atoms with Gasteiger partial charge in [-0.3, -0.25) is 4.57 Å². The number of benzene rings is 2. The molecule has 53 heavy (non-hydrogen) atoms. The number of nitriles is 1. The lowest BCUT2D eigenvalue weighted by molar-refractivity contribution is 0.0523. The molecular formula is C35H53NO14P2Si. The van der Waals surface area contributed by atoms with E-state index in [0.29, 0.717) is 59.1 Å². The Balaban J connectivity index is 0.000000350. The molecule has 296 valence electrons. The van der Waals surface area contributed by atoms with E-state index in [1.54, 1.807) is 33.4 Å². The molecule has 2 aliphatic rings. The summed E-state index contributed by atoms with van der Waals surface area (Å²) in [5, 5.41) is 17.6. The molecule has 0 spiro atoms. The first kappa shape index (κ1) is 45.7. The van der Waals surface area contributed by atoms with Crippen LogP contribution >= 0.6 is 14.7 Å². The number of hydrogen-bond donors (Lipinski definition) is 3. The smallest absolute Gasteiger partial charge is 0.350 e. The van der Waals surface area contributed by atoms with Crippen molar-refractivity contribution in [3.05, 3.63) is 44.5 Å². The predicted octanol–water partition coefficient (Wildman–Crippen LogP) is 6.13. The second kappa shape index (κ2) is 19.8. The first-order chi connectivity index (χ1) is 24.6. The van der Waals surface area contributed by atoms with Crippen molar-refractivity contribution in [1.29, 1.82) is 5.26 Å². The van der Waals surface area contributed by atoms with Crippen molar-refractivity contribution >= 4 is 34.8 Å². The van der Waals surface area contributed by atoms with E-state index in [0.717, 1.165) is 22.7 Å². The van der Waals surface area contributed by atoms with E-state index >= 15 is 0 Å². The molecular weight excluding hydrogens is 748 g/mol. The molecule has 0 saturated heterocycles. The predicted molar refractivity (Wildman–Crippen MR) is 201 cm³/mol. The second-order valence-electron chi connectivity index (χ2n) is 14.0. The van der Waals surface area contributed by atoms with E-state index in [1.165, 1.54) is 14.0 Å². The number of cyclic esters (lactones) is 2. The normalized spacial score (nSPS) is 13.3. The van der Waals surface area contributed by atoms with Crippen LogP contribution in [0.5, 0.6) is 23.0 Å². The molecule has 0 unspecified atom stereocenters. The van der Waals surface area contributed by atoms with E-state index in [4.69, 9.17) is 48.2 Å². The lowest BCUT2D eigenvalue weighted by atomic mass is 9.95. The number of carbonyl (C=O) groups excluding carboxylic acids is 2. The minimum Gasteiger partial charge on any atom is -0.507 e. The van der Waals surface area contributed by atoms with Gasteiger partial charge in [0.05, 0.1) is 46.5 Å². The number of esters is 2. The molecule has 2 aromatic carbocycles. The fourth-order valence-corrected chi connectivity index (χ4v) is 7.21. The Hall–Kier alpha value is -3.41. The van der Waals surface area contributed by atoms with Crippen LogP contribution in [0.4, 0.5) is 0 Å². The lowest BCUT2D eigenvalue weighted by Gasteiger charge is -2.22. The average Bonchev–Trinajstić information content (AvgIpc) is 3.63. The van der Waals surface area contributed by atoms with Gasteiger partial charge in [0.15, 0.2) is 0 Å². The summed E-state index contributed by atoms with van der Waals surface area (Å²) >= 11 is 0. The van der Waals surface area contributed by atoms with Gasteiger partial charge in [-0.25, -0.2) is 9.59 Å². The molecule has 0 saturated carbocycles. The minimum atomic E-state index is -4.24. The van der Waals surface area contributed by atoms with Gasteiger partial charge in [-0.1, -0.05) is 19.6 Å². The maximum atomic E-state index is 12.4. The number of methoxy groups -OCH3 is 2. The van der Waals surface area contributed by atoms with E-state index in [2.05, 4.69) is 19.6 Å². The Morgan fingerprint density at radius 3 is 1.72 bits per heavy atom. The van der Waals surface area contributed by atoms with Gasteiger partial charge in [0.2, 0.25) is 0 Å². The number of nitrogens with zero attached hydrogens (tertiary/aromatic N) is 1. The quantitative estimate of drug-likeness (QED) is 0.0752. The summed E-state index contributed by atoms with van der Waals surface area (Å²) in [5.74, 6) is 0.486. The number of phenolic OH excluding ortho intramolecular Hbond substituents is 1. The summed E-state index contributed by atoms with van der Waals surface area (Å²) in [4.78, 5) is 41.6. The van der Waals surface area contributed by atoms with Gasteiger partial charge in [-0.2, -0.15) is 5.26 Å². The van der Waals surface area contributed by atoms with Crippen LogP contribution in [0.3, 0.4) is 0 Å². The molecule has 0 aliphatic carbocycles. The van der Waals surface area contributed by atoms with Crippen LogP contribution < -0.4 is 14.2 Å². The number of hydrogen-bond acceptors (Lipinski definition) is 13. The highest BCUT2D eigenvalue weighted by Gasteiger charge is 2.34. The fourth-order valence-electron chi connectivity index (χ4n) is 5.56. The molecule has 0 radical (unpaired) electrons. The van der Waals surface area contributed by atoms with Crippen molar-refractivity contribution in [1.82, 2.24) is 0 Å². The average molecular weight is 802 g/mol. The Morgan fingerprint density at radius 2 is 1.25 bits per heavy atom. The third kappa shape index (κ3) is 13.1. The van der Waals surface area contributed by atoms with Crippen molar-refractivity contribution in [2.75, 3.05) is 60.1 Å². The topological polar surface area (TPSA) is 217 Å². The van der Waals surface area contributed by atoms with Crippen LogP contribution in [-0.2, 0) is 54.1 Å². The Kier molecular flexibility index (Phi) is 17.1. The number of ether oxygens (including phenoxy) is 7. The number of fused-ring (bicyclic) bond motifs is 2. The highest BCUT2D eigenvalue weighted by atomic mass is 31.2. The van der Waals surface area contributed by atoms with Crippen LogP contribution in [0.1, 0.15) is 61.0 Å². The van der Waals surface area contributed by atoms with E-state index < -0.39 is 35.1 Å². The molecule has 18 heteroatoms. The Labute approximate surface area is 312 Å². The van der Waals surface area contributed by atoms with Crippen LogP contribution in [0.15, 0.2) is 0 Å². The van der Waals surface area contributed by atoms with Crippen LogP contribution in [0.2, 0.25) is 25.7 Å². The second-order valence-corrected chi connectivity index (χ2v) is 24.6. The number of carbonyl (C=O) groups is 2. The third-order valence-corrected chi connectivity index (χ3v) is 11.1. The van der Waals surface area contributed by atoms with Gasteiger partial charge in [-0.05, 0) is 44.3 Å². The first-order valence-corrected chi connectivity index (χ1v) is 25.1. The molecule has 0 bridgehead atoms. The largest absolute Gasteiger partial charge is 0.507 e. The minimum absolute atomic E-state index is 0.0394. The standard InChI is InChI=1S/C20H33O6PSi.C13H17O8P.C2H3N/c1-14-16-12-26-20(21)17(16)19(25-10-11-28(5,6)7)15(18(14)23-2)8-9-24-13-27(3,4)22;1-7-9-5-21-13(15)10(9)11(14)8(12(7)19-2)3-4-20-6-22(16,17)18;1-2-3/h8-13H2,1-7H3;14H,3-6H2,1-2H3,(H2,16,17,18);1H3. The third-order valence-electron chi connectivity index (χ3n) is 8.03. The molecule has 4 rings (SSSR count). The van der Waals surface area contributed by atoms with Gasteiger partial charge in [-0.15, -0.1) is 0 Å². The van der Waals surface area contributed by atoms with Gasteiger partial charge in [0.1, 0.15) is 60.8 Å². The SMILES string of the molecule is CC#N.COc1c(C)c2c(c(O)c1CCOCP(=O)(O)O)C(=O)OC2.COc1c(C)c2c(c(OCC[Si](C)(C)C)c1CCOCP(C)(C)=O)C(=O)OC2. The van der Waals surface area contributed by atoms with Gasteiger partial charge in [0, 0.05) is 50.1 Å². The van der Waals surface area contributed by atoms with Crippen molar-refractivity contribution in [3.63, 3.8) is 0 Å². The van der Waals surface area contributed by atoms with Crippen molar-refractivity contribution in [2.24, 2.45) is 0 Å². The molecule has 3 N–H and O–H groups in total. The summed E-state index contributed by atoms with van der Waals surface area (Å²) in [6.07, 6.45) is 0.165. The number of phenols is 1. The zero-order valence-electron chi connectivity index (χ0n) is 32.2. The zero-order valence-corrected chi connectivity index (χ0v) is 35.0. The molecule has 0 aromatic heterocycles. The first-order valence-electron chi connectivity index (χ1n) is 16.8. The monoisotopic (exact) mass is 801 g/mol. The van der Waals surface area contributed by atoms with Crippen LogP contribution in [0.25, 0.3) is 0 Å². The maximum Gasteiger partial charge on any atom is 0.350 e. The number of aromatic hydroxyl groups is 1. The summed E-state index contributed by atoms with van der Waals surface area (Å²) in [6, 6.07) is 2.73. The van der Waals surface area contributed by atoms with Crippen molar-refractivity contribution in [2.45, 2.75) is 72.5 Å². The molecule has 0 atom stereocenters. The van der Waals surface area contributed by atoms with Gasteiger partial charge >= 0.3 is 19.5 Å². The summed E-state index contributed by atoms with van der Waals surface area (Å²) in [7, 11) is -4.71. The summed E-state index contributed by atoms with van der Waals surface area (Å²) in [6.45, 7) is 16.6. The molecule has 0 amide bonds. The Morgan fingerprint density at radius 1 is 0.792 bits per heavy atom. The zero-order chi connectivity index (χ0) is 40.3. The highest BCUT2D eigenvalue weighted by molar-refractivity contribution is 7.62. The van der Waals surface area contributed by atoms with Crippen LogP contribution in [0, 0.1) is 25.2 Å². The van der Waals surface area contributed by atoms with E-state index in [9.17, 15) is 23.8 Å². The molecule has 2 heterocycles. The number of rotatable bonds is 16. The highest BCUT2D eigenvalue weighted by Crippen LogP contribution is 2.44. The molecule has 2 aliphatic heterocycles. The lowest BCUT2D eigenvalue weighted by Crippen LogP contribution is -2.23.